The first-order valence-corrected chi connectivity index (χ1v) is 11.4. The highest BCUT2D eigenvalue weighted by molar-refractivity contribution is 6.62. The Kier molecular flexibility index (Phi) is 4.69. The van der Waals surface area contributed by atoms with Gasteiger partial charge in [0.2, 0.25) is 0 Å². The van der Waals surface area contributed by atoms with Crippen molar-refractivity contribution >= 4 is 30.6 Å². The van der Waals surface area contributed by atoms with E-state index in [0.717, 1.165) is 65.6 Å². The summed E-state index contributed by atoms with van der Waals surface area (Å²) in [4.78, 5) is 15.4. The van der Waals surface area contributed by atoms with E-state index in [4.69, 9.17) is 9.31 Å². The Labute approximate surface area is 178 Å². The van der Waals surface area contributed by atoms with Crippen LogP contribution in [0.25, 0.3) is 12.2 Å². The van der Waals surface area contributed by atoms with Gasteiger partial charge in [-0.3, -0.25) is 4.79 Å². The van der Waals surface area contributed by atoms with E-state index in [9.17, 15) is 9.90 Å². The van der Waals surface area contributed by atoms with Crippen LogP contribution < -0.4 is 15.9 Å². The number of aliphatic hydroxyl groups is 1. The lowest BCUT2D eigenvalue weighted by molar-refractivity contribution is 0.00578. The maximum absolute atomic E-state index is 13.5. The zero-order chi connectivity index (χ0) is 21.3. The fraction of sp³-hybridized carbons (Fsp3) is 0.625. The van der Waals surface area contributed by atoms with E-state index in [2.05, 4.69) is 39.8 Å². The molecule has 1 saturated carbocycles. The third-order valence-corrected chi connectivity index (χ3v) is 7.84. The van der Waals surface area contributed by atoms with E-state index in [-0.39, 0.29) is 11.9 Å². The summed E-state index contributed by atoms with van der Waals surface area (Å²) >= 11 is 0. The average Bonchev–Trinajstić information content (AvgIpc) is 3.14. The highest BCUT2D eigenvalue weighted by Gasteiger charge is 2.52. The summed E-state index contributed by atoms with van der Waals surface area (Å²) in [6, 6.07) is 1.92. The Bertz CT molecular complexity index is 999. The van der Waals surface area contributed by atoms with Gasteiger partial charge in [0, 0.05) is 12.1 Å². The van der Waals surface area contributed by atoms with Gasteiger partial charge in [-0.05, 0) is 80.9 Å². The predicted octanol–water partition coefficient (Wildman–Crippen LogP) is 1.60. The molecule has 0 spiro atoms. The summed E-state index contributed by atoms with van der Waals surface area (Å²) in [5, 5.41) is 12.9. The van der Waals surface area contributed by atoms with Crippen LogP contribution in [0.3, 0.4) is 0 Å². The number of amides is 1. The molecule has 5 rings (SSSR count). The summed E-state index contributed by atoms with van der Waals surface area (Å²) in [6.07, 6.45) is 9.83. The van der Waals surface area contributed by atoms with E-state index >= 15 is 0 Å². The first-order chi connectivity index (χ1) is 14.2. The molecule has 1 aromatic rings. The van der Waals surface area contributed by atoms with Crippen LogP contribution >= 0.6 is 0 Å². The number of hydrogen-bond acceptors (Lipinski definition) is 4. The topological polar surface area (TPSA) is 59.0 Å². The van der Waals surface area contributed by atoms with Crippen molar-refractivity contribution in [3.05, 3.63) is 27.6 Å². The van der Waals surface area contributed by atoms with Crippen molar-refractivity contribution in [2.45, 2.75) is 96.1 Å². The van der Waals surface area contributed by atoms with Crippen LogP contribution in [-0.4, -0.2) is 46.4 Å². The molecule has 2 aliphatic carbocycles. The van der Waals surface area contributed by atoms with E-state index in [1.807, 2.05) is 11.0 Å². The Balaban J connectivity index is 1.59. The van der Waals surface area contributed by atoms with Crippen LogP contribution in [0.4, 0.5) is 0 Å². The van der Waals surface area contributed by atoms with Gasteiger partial charge < -0.3 is 19.3 Å². The lowest BCUT2D eigenvalue weighted by Crippen LogP contribution is -2.52. The molecule has 2 fully saturated rings. The minimum absolute atomic E-state index is 0.0375. The number of hydrogen-bond donors (Lipinski definition) is 1. The highest BCUT2D eigenvalue weighted by atomic mass is 16.7. The zero-order valence-corrected chi connectivity index (χ0v) is 18.5. The fourth-order valence-electron chi connectivity index (χ4n) is 5.35. The lowest BCUT2D eigenvalue weighted by Gasteiger charge is -2.35. The van der Waals surface area contributed by atoms with Crippen LogP contribution in [0.1, 0.15) is 82.1 Å². The zero-order valence-electron chi connectivity index (χ0n) is 18.5. The van der Waals surface area contributed by atoms with Crippen molar-refractivity contribution in [2.75, 3.05) is 0 Å². The molecular weight excluding hydrogens is 377 g/mol. The maximum atomic E-state index is 13.5. The van der Waals surface area contributed by atoms with Crippen molar-refractivity contribution in [1.82, 2.24) is 4.90 Å². The van der Waals surface area contributed by atoms with Gasteiger partial charge in [0.1, 0.15) is 0 Å². The Morgan fingerprint density at radius 2 is 1.67 bits per heavy atom. The second-order valence-corrected chi connectivity index (χ2v) is 10.2. The fourth-order valence-corrected chi connectivity index (χ4v) is 5.35. The van der Waals surface area contributed by atoms with Gasteiger partial charge in [0.15, 0.2) is 0 Å². The first kappa shape index (κ1) is 20.3. The van der Waals surface area contributed by atoms with Gasteiger partial charge in [-0.1, -0.05) is 25.0 Å². The van der Waals surface area contributed by atoms with E-state index in [0.29, 0.717) is 6.54 Å². The molecule has 2 heterocycles. The first-order valence-electron chi connectivity index (χ1n) is 11.4. The maximum Gasteiger partial charge on any atom is 0.495 e. The number of fused-ring (bicyclic) bond motifs is 3. The second-order valence-electron chi connectivity index (χ2n) is 10.2. The van der Waals surface area contributed by atoms with Crippen LogP contribution in [-0.2, 0) is 15.9 Å². The summed E-state index contributed by atoms with van der Waals surface area (Å²) in [7, 11) is -0.487. The van der Waals surface area contributed by atoms with Gasteiger partial charge in [-0.25, -0.2) is 0 Å². The average molecular weight is 409 g/mol. The standard InChI is InChI=1S/C24H32BNO4/c1-23(2)24(3,4)30-25(29-23)19-13-17-18(15-9-5-6-10-16(15)19)14-26(22(17)28)20-11-7-8-12-21(20)27/h9-10,13,20-21,27H,5-8,11-12,14H2,1-4H3/t20-,21-/m0/s1. The van der Waals surface area contributed by atoms with Crippen molar-refractivity contribution in [2.24, 2.45) is 0 Å². The number of nitrogens with zero attached hydrogens (tertiary/aromatic N) is 1. The quantitative estimate of drug-likeness (QED) is 0.754. The number of aliphatic hydroxyl groups excluding tert-OH is 1. The van der Waals surface area contributed by atoms with E-state index in [1.165, 1.54) is 0 Å². The smallest absolute Gasteiger partial charge is 0.399 e. The molecule has 6 heteroatoms. The molecule has 1 amide bonds. The van der Waals surface area contributed by atoms with E-state index in [1.54, 1.807) is 0 Å². The molecule has 0 unspecified atom stereocenters. The van der Waals surface area contributed by atoms with Crippen molar-refractivity contribution in [3.8, 4) is 0 Å². The molecule has 30 heavy (non-hydrogen) atoms. The molecule has 1 aromatic carbocycles. The van der Waals surface area contributed by atoms with Gasteiger partial charge in [-0.15, -0.1) is 0 Å². The van der Waals surface area contributed by atoms with Crippen LogP contribution in [0.2, 0.25) is 0 Å². The number of benzene rings is 1. The molecular formula is C24H32BNO4. The predicted molar refractivity (Wildman–Crippen MR) is 118 cm³/mol. The molecule has 0 aromatic heterocycles. The molecule has 1 saturated heterocycles. The largest absolute Gasteiger partial charge is 0.495 e. The summed E-state index contributed by atoms with van der Waals surface area (Å²) in [5.41, 5.74) is 1.96. The van der Waals surface area contributed by atoms with Crippen molar-refractivity contribution < 1.29 is 19.2 Å². The minimum atomic E-state index is -0.487. The Morgan fingerprint density at radius 1 is 1.03 bits per heavy atom. The SMILES string of the molecule is CC1(C)OB(c2cc3c(c4c2=CCCC=4)CN([C@H]2CCCC[C@@H]2O)C3=O)OC1(C)C. The normalized spacial score (nSPS) is 29.3. The molecule has 2 aliphatic heterocycles. The van der Waals surface area contributed by atoms with Crippen LogP contribution in [0, 0.1) is 0 Å². The third kappa shape index (κ3) is 2.99. The van der Waals surface area contributed by atoms with Gasteiger partial charge >= 0.3 is 7.12 Å². The summed E-state index contributed by atoms with van der Waals surface area (Å²) < 4.78 is 12.7. The molecule has 1 N–H and O–H groups in total. The lowest BCUT2D eigenvalue weighted by atomic mass is 9.75. The van der Waals surface area contributed by atoms with E-state index < -0.39 is 24.4 Å². The Hall–Kier alpha value is -1.63. The number of carbonyl (C=O) groups is 1. The summed E-state index contributed by atoms with van der Waals surface area (Å²) in [6.45, 7) is 8.81. The number of rotatable bonds is 2. The number of carbonyl (C=O) groups excluding carboxylic acids is 1. The van der Waals surface area contributed by atoms with Crippen LogP contribution in [0.15, 0.2) is 6.07 Å². The molecule has 160 valence electrons. The monoisotopic (exact) mass is 409 g/mol. The molecule has 2 atom stereocenters. The second kappa shape index (κ2) is 6.94. The van der Waals surface area contributed by atoms with Gasteiger partial charge in [-0.2, -0.15) is 0 Å². The minimum Gasteiger partial charge on any atom is -0.399 e. The van der Waals surface area contributed by atoms with Gasteiger partial charge in [0.05, 0.1) is 23.3 Å². The molecule has 4 aliphatic rings. The molecule has 0 radical (unpaired) electrons. The molecule has 5 nitrogen and oxygen atoms in total. The molecule has 0 bridgehead atoms. The van der Waals surface area contributed by atoms with Crippen LogP contribution in [0.5, 0.6) is 0 Å². The Morgan fingerprint density at radius 3 is 2.33 bits per heavy atom. The van der Waals surface area contributed by atoms with Crippen molar-refractivity contribution in [3.63, 3.8) is 0 Å². The van der Waals surface area contributed by atoms with Gasteiger partial charge in [0.25, 0.3) is 5.91 Å². The highest BCUT2D eigenvalue weighted by Crippen LogP contribution is 2.36. The third-order valence-electron chi connectivity index (χ3n) is 7.84. The summed E-state index contributed by atoms with van der Waals surface area (Å²) in [5.74, 6) is 0.0375. The van der Waals surface area contributed by atoms with Crippen molar-refractivity contribution in [1.29, 1.82) is 0 Å².